The van der Waals surface area contributed by atoms with Crippen LogP contribution in [0.4, 0.5) is 11.6 Å². The minimum atomic E-state index is -0.205. The first-order valence-corrected chi connectivity index (χ1v) is 8.09. The van der Waals surface area contributed by atoms with Crippen LogP contribution < -0.4 is 10.6 Å². The number of amides is 1. The van der Waals surface area contributed by atoms with Gasteiger partial charge in [-0.1, -0.05) is 19.8 Å². The molecule has 6 nitrogen and oxygen atoms in total. The SMILES string of the molecule is CCCCCNC(=O)c1ccnc(Nc2ccc(C(C)=O)cc2)n1. The van der Waals surface area contributed by atoms with Gasteiger partial charge in [0.05, 0.1) is 0 Å². The Morgan fingerprint density at radius 1 is 1.08 bits per heavy atom. The average molecular weight is 326 g/mol. The summed E-state index contributed by atoms with van der Waals surface area (Å²) in [5, 5.41) is 5.88. The molecular weight excluding hydrogens is 304 g/mol. The van der Waals surface area contributed by atoms with Crippen molar-refractivity contribution in [1.29, 1.82) is 0 Å². The van der Waals surface area contributed by atoms with E-state index in [2.05, 4.69) is 27.5 Å². The Bertz CT molecular complexity index is 698. The maximum absolute atomic E-state index is 12.1. The van der Waals surface area contributed by atoms with E-state index < -0.39 is 0 Å². The summed E-state index contributed by atoms with van der Waals surface area (Å²) in [5.41, 5.74) is 1.71. The smallest absolute Gasteiger partial charge is 0.270 e. The number of benzene rings is 1. The predicted octanol–water partition coefficient (Wildman–Crippen LogP) is 3.34. The number of nitrogens with zero attached hydrogens (tertiary/aromatic N) is 2. The highest BCUT2D eigenvalue weighted by atomic mass is 16.1. The van der Waals surface area contributed by atoms with Crippen LogP contribution in [0.25, 0.3) is 0 Å². The fourth-order valence-electron chi connectivity index (χ4n) is 2.13. The fraction of sp³-hybridized carbons (Fsp3) is 0.333. The molecule has 24 heavy (non-hydrogen) atoms. The summed E-state index contributed by atoms with van der Waals surface area (Å²) in [6.45, 7) is 4.28. The minimum absolute atomic E-state index is 0.0135. The van der Waals surface area contributed by atoms with E-state index in [0.29, 0.717) is 23.8 Å². The summed E-state index contributed by atoms with van der Waals surface area (Å²) in [6, 6.07) is 8.60. The minimum Gasteiger partial charge on any atom is -0.351 e. The summed E-state index contributed by atoms with van der Waals surface area (Å²) < 4.78 is 0. The molecule has 0 saturated heterocycles. The van der Waals surface area contributed by atoms with Crippen LogP contribution in [-0.2, 0) is 0 Å². The number of carbonyl (C=O) groups is 2. The number of nitrogens with one attached hydrogen (secondary N) is 2. The van der Waals surface area contributed by atoms with Gasteiger partial charge in [-0.25, -0.2) is 9.97 Å². The molecule has 126 valence electrons. The molecule has 0 aliphatic carbocycles. The Balaban J connectivity index is 1.99. The van der Waals surface area contributed by atoms with Crippen molar-refractivity contribution in [3.05, 3.63) is 47.8 Å². The lowest BCUT2D eigenvalue weighted by molar-refractivity contribution is 0.0947. The van der Waals surface area contributed by atoms with E-state index in [1.807, 2.05) is 0 Å². The zero-order valence-corrected chi connectivity index (χ0v) is 14.0. The number of carbonyl (C=O) groups excluding carboxylic acids is 2. The highest BCUT2D eigenvalue weighted by molar-refractivity contribution is 5.94. The van der Waals surface area contributed by atoms with Crippen LogP contribution in [0.5, 0.6) is 0 Å². The van der Waals surface area contributed by atoms with Crippen molar-refractivity contribution in [2.75, 3.05) is 11.9 Å². The molecule has 2 rings (SSSR count). The molecule has 2 N–H and O–H groups in total. The van der Waals surface area contributed by atoms with Gasteiger partial charge in [-0.3, -0.25) is 9.59 Å². The number of anilines is 2. The maximum atomic E-state index is 12.1. The molecule has 1 aromatic carbocycles. The van der Waals surface area contributed by atoms with E-state index in [1.54, 1.807) is 36.5 Å². The third-order valence-electron chi connectivity index (χ3n) is 3.50. The number of unbranched alkanes of at least 4 members (excludes halogenated alkanes) is 2. The fourth-order valence-corrected chi connectivity index (χ4v) is 2.13. The molecule has 0 saturated carbocycles. The largest absolute Gasteiger partial charge is 0.351 e. The lowest BCUT2D eigenvalue weighted by atomic mass is 10.1. The van der Waals surface area contributed by atoms with Crippen LogP contribution in [0, 0.1) is 0 Å². The quantitative estimate of drug-likeness (QED) is 0.574. The molecule has 0 aliphatic rings. The zero-order valence-electron chi connectivity index (χ0n) is 14.0. The van der Waals surface area contributed by atoms with Gasteiger partial charge in [0.25, 0.3) is 5.91 Å². The standard InChI is InChI=1S/C18H22N4O2/c1-3-4-5-11-19-17(24)16-10-12-20-18(22-16)21-15-8-6-14(7-9-15)13(2)23/h6-10,12H,3-5,11H2,1-2H3,(H,19,24)(H,20,21,22). The van der Waals surface area contributed by atoms with E-state index in [0.717, 1.165) is 24.9 Å². The number of rotatable bonds is 8. The Hall–Kier alpha value is -2.76. The van der Waals surface area contributed by atoms with Gasteiger partial charge in [0.15, 0.2) is 5.78 Å². The van der Waals surface area contributed by atoms with Crippen molar-refractivity contribution in [1.82, 2.24) is 15.3 Å². The van der Waals surface area contributed by atoms with Gasteiger partial charge in [-0.15, -0.1) is 0 Å². The van der Waals surface area contributed by atoms with Crippen molar-refractivity contribution in [3.8, 4) is 0 Å². The number of hydrogen-bond acceptors (Lipinski definition) is 5. The Morgan fingerprint density at radius 2 is 1.83 bits per heavy atom. The van der Waals surface area contributed by atoms with Crippen LogP contribution in [0.15, 0.2) is 36.5 Å². The Labute approximate surface area is 141 Å². The first-order chi connectivity index (χ1) is 11.6. The summed E-state index contributed by atoms with van der Waals surface area (Å²) in [7, 11) is 0. The highest BCUT2D eigenvalue weighted by Crippen LogP contribution is 2.14. The van der Waals surface area contributed by atoms with Crippen molar-refractivity contribution in [3.63, 3.8) is 0 Å². The predicted molar refractivity (Wildman–Crippen MR) is 93.6 cm³/mol. The van der Waals surface area contributed by atoms with Gasteiger partial charge >= 0.3 is 0 Å². The van der Waals surface area contributed by atoms with Gasteiger partial charge in [0.1, 0.15) is 5.69 Å². The van der Waals surface area contributed by atoms with E-state index in [-0.39, 0.29) is 11.7 Å². The van der Waals surface area contributed by atoms with E-state index in [1.165, 1.54) is 6.92 Å². The van der Waals surface area contributed by atoms with Crippen molar-refractivity contribution >= 4 is 23.3 Å². The molecule has 0 fully saturated rings. The molecule has 0 unspecified atom stereocenters. The Morgan fingerprint density at radius 3 is 2.50 bits per heavy atom. The second-order valence-electron chi connectivity index (χ2n) is 5.49. The van der Waals surface area contributed by atoms with Crippen LogP contribution in [0.2, 0.25) is 0 Å². The summed E-state index contributed by atoms with van der Waals surface area (Å²) in [6.07, 6.45) is 4.70. The summed E-state index contributed by atoms with van der Waals surface area (Å²) in [5.74, 6) is 0.148. The van der Waals surface area contributed by atoms with Gasteiger partial charge in [-0.05, 0) is 43.7 Å². The molecule has 6 heteroatoms. The molecule has 0 aliphatic heterocycles. The molecule has 2 aromatic rings. The van der Waals surface area contributed by atoms with E-state index in [9.17, 15) is 9.59 Å². The van der Waals surface area contributed by atoms with Gasteiger partial charge < -0.3 is 10.6 Å². The second-order valence-corrected chi connectivity index (χ2v) is 5.49. The molecule has 1 amide bonds. The number of Topliss-reactive ketones (excluding diaryl/α,β-unsaturated/α-hetero) is 1. The first-order valence-electron chi connectivity index (χ1n) is 8.09. The second kappa shape index (κ2) is 8.76. The maximum Gasteiger partial charge on any atom is 0.270 e. The van der Waals surface area contributed by atoms with E-state index >= 15 is 0 Å². The Kier molecular flexibility index (Phi) is 6.42. The van der Waals surface area contributed by atoms with Crippen molar-refractivity contribution < 1.29 is 9.59 Å². The molecular formula is C18H22N4O2. The lowest BCUT2D eigenvalue weighted by Gasteiger charge is -2.07. The van der Waals surface area contributed by atoms with Crippen LogP contribution in [-0.4, -0.2) is 28.2 Å². The van der Waals surface area contributed by atoms with Gasteiger partial charge in [-0.2, -0.15) is 0 Å². The van der Waals surface area contributed by atoms with Crippen molar-refractivity contribution in [2.24, 2.45) is 0 Å². The zero-order chi connectivity index (χ0) is 17.4. The lowest BCUT2D eigenvalue weighted by Crippen LogP contribution is -2.25. The topological polar surface area (TPSA) is 84.0 Å². The van der Waals surface area contributed by atoms with Gasteiger partial charge in [0.2, 0.25) is 5.95 Å². The first kappa shape index (κ1) is 17.6. The number of ketones is 1. The highest BCUT2D eigenvalue weighted by Gasteiger charge is 2.08. The van der Waals surface area contributed by atoms with Crippen LogP contribution >= 0.6 is 0 Å². The van der Waals surface area contributed by atoms with Crippen LogP contribution in [0.3, 0.4) is 0 Å². The monoisotopic (exact) mass is 326 g/mol. The summed E-state index contributed by atoms with van der Waals surface area (Å²) >= 11 is 0. The molecule has 1 heterocycles. The molecule has 0 spiro atoms. The van der Waals surface area contributed by atoms with Gasteiger partial charge in [0, 0.05) is 24.0 Å². The number of aromatic nitrogens is 2. The van der Waals surface area contributed by atoms with Crippen molar-refractivity contribution in [2.45, 2.75) is 33.1 Å². The molecule has 0 radical (unpaired) electrons. The summed E-state index contributed by atoms with van der Waals surface area (Å²) in [4.78, 5) is 31.7. The normalized spacial score (nSPS) is 10.2. The third-order valence-corrected chi connectivity index (χ3v) is 3.50. The number of hydrogen-bond donors (Lipinski definition) is 2. The average Bonchev–Trinajstić information content (AvgIpc) is 2.59. The van der Waals surface area contributed by atoms with E-state index in [4.69, 9.17) is 0 Å². The molecule has 0 bridgehead atoms. The molecule has 1 aromatic heterocycles. The third kappa shape index (κ3) is 5.15. The molecule has 0 atom stereocenters. The van der Waals surface area contributed by atoms with Crippen LogP contribution in [0.1, 0.15) is 54.0 Å².